The number of nitrogens with zero attached hydrogens (tertiary/aromatic N) is 2. The average Bonchev–Trinajstić information content (AvgIpc) is 2.29. The molecular weight excluding hydrogens is 289 g/mol. The summed E-state index contributed by atoms with van der Waals surface area (Å²) >= 11 is 0. The third kappa shape index (κ3) is 2.62. The molecule has 1 amide bonds. The first-order valence-corrected chi connectivity index (χ1v) is 6.45. The molecule has 114 valence electrons. The van der Waals surface area contributed by atoms with Gasteiger partial charge in [0.1, 0.15) is 6.10 Å². The van der Waals surface area contributed by atoms with Gasteiger partial charge in [0, 0.05) is 30.8 Å². The molecule has 1 aromatic rings. The maximum absolute atomic E-state index is 12.4. The molecule has 21 heavy (non-hydrogen) atoms. The molecule has 2 aliphatic rings. The lowest BCUT2D eigenvalue weighted by molar-refractivity contribution is -0.138. The van der Waals surface area contributed by atoms with Crippen LogP contribution in [0.5, 0.6) is 5.88 Å². The number of ether oxygens (including phenoxy) is 1. The van der Waals surface area contributed by atoms with Gasteiger partial charge in [0.05, 0.1) is 5.56 Å². The van der Waals surface area contributed by atoms with Crippen molar-refractivity contribution in [3.05, 3.63) is 23.9 Å². The number of rotatable bonds is 2. The van der Waals surface area contributed by atoms with E-state index < -0.39 is 17.8 Å². The van der Waals surface area contributed by atoms with E-state index in [-0.39, 0.29) is 17.4 Å². The fraction of sp³-hybridized carbons (Fsp3) is 0.538. The van der Waals surface area contributed by atoms with Crippen molar-refractivity contribution in [2.45, 2.75) is 25.1 Å². The fourth-order valence-corrected chi connectivity index (χ4v) is 2.93. The van der Waals surface area contributed by atoms with Crippen LogP contribution in [0.2, 0.25) is 0 Å². The average molecular weight is 302 g/mol. The SMILES string of the molecule is O=C(O)N1CC2(CC(Oc3ccc(C(F)(F)F)cn3)C2)C1. The molecule has 0 aromatic carbocycles. The fourth-order valence-electron chi connectivity index (χ4n) is 2.93. The van der Waals surface area contributed by atoms with Gasteiger partial charge in [-0.3, -0.25) is 0 Å². The summed E-state index contributed by atoms with van der Waals surface area (Å²) in [6.45, 7) is 1.01. The molecule has 8 heteroatoms. The topological polar surface area (TPSA) is 62.7 Å². The van der Waals surface area contributed by atoms with Gasteiger partial charge in [-0.05, 0) is 18.9 Å². The number of halogens is 3. The zero-order chi connectivity index (χ0) is 15.3. The highest BCUT2D eigenvalue weighted by atomic mass is 19.4. The van der Waals surface area contributed by atoms with Gasteiger partial charge in [0.15, 0.2) is 0 Å². The summed E-state index contributed by atoms with van der Waals surface area (Å²) in [5, 5.41) is 8.77. The molecule has 1 saturated heterocycles. The molecule has 0 radical (unpaired) electrons. The first kappa shape index (κ1) is 14.0. The van der Waals surface area contributed by atoms with E-state index in [1.165, 1.54) is 11.0 Å². The molecule has 2 heterocycles. The monoisotopic (exact) mass is 302 g/mol. The van der Waals surface area contributed by atoms with Crippen LogP contribution in [0.3, 0.4) is 0 Å². The minimum Gasteiger partial charge on any atom is -0.474 e. The Labute approximate surface area is 118 Å². The number of carbonyl (C=O) groups is 1. The number of alkyl halides is 3. The standard InChI is InChI=1S/C13H13F3N2O3/c14-13(15,16)8-1-2-10(17-5-8)21-9-3-12(4-9)6-18(7-12)11(19)20/h1-2,5,9H,3-4,6-7H2,(H,19,20). The number of aromatic nitrogens is 1. The Morgan fingerprint density at radius 3 is 2.52 bits per heavy atom. The van der Waals surface area contributed by atoms with E-state index in [9.17, 15) is 18.0 Å². The van der Waals surface area contributed by atoms with Crippen molar-refractivity contribution in [2.75, 3.05) is 13.1 Å². The van der Waals surface area contributed by atoms with E-state index in [0.29, 0.717) is 25.9 Å². The first-order valence-electron chi connectivity index (χ1n) is 6.45. The van der Waals surface area contributed by atoms with Gasteiger partial charge in [0.2, 0.25) is 5.88 Å². The Balaban J connectivity index is 1.50. The van der Waals surface area contributed by atoms with Gasteiger partial charge < -0.3 is 14.7 Å². The van der Waals surface area contributed by atoms with Crippen molar-refractivity contribution in [2.24, 2.45) is 5.41 Å². The molecular formula is C13H13F3N2O3. The zero-order valence-electron chi connectivity index (χ0n) is 10.9. The zero-order valence-corrected chi connectivity index (χ0v) is 10.9. The van der Waals surface area contributed by atoms with Crippen molar-refractivity contribution in [3.8, 4) is 5.88 Å². The van der Waals surface area contributed by atoms with E-state index >= 15 is 0 Å². The molecule has 1 saturated carbocycles. The number of hydrogen-bond acceptors (Lipinski definition) is 3. The van der Waals surface area contributed by atoms with Crippen molar-refractivity contribution >= 4 is 6.09 Å². The Hall–Kier alpha value is -1.99. The van der Waals surface area contributed by atoms with Crippen LogP contribution in [0.25, 0.3) is 0 Å². The van der Waals surface area contributed by atoms with E-state index in [4.69, 9.17) is 9.84 Å². The van der Waals surface area contributed by atoms with Crippen LogP contribution in [0, 0.1) is 5.41 Å². The second-order valence-electron chi connectivity index (χ2n) is 5.67. The molecule has 3 rings (SSSR count). The highest BCUT2D eigenvalue weighted by molar-refractivity contribution is 5.66. The van der Waals surface area contributed by atoms with Crippen LogP contribution in [-0.4, -0.2) is 40.3 Å². The summed E-state index contributed by atoms with van der Waals surface area (Å²) in [5.41, 5.74) is -0.814. The van der Waals surface area contributed by atoms with Gasteiger partial charge in [-0.15, -0.1) is 0 Å². The molecule has 5 nitrogen and oxygen atoms in total. The molecule has 0 atom stereocenters. The van der Waals surface area contributed by atoms with E-state index in [0.717, 1.165) is 12.3 Å². The number of amides is 1. The summed E-state index contributed by atoms with van der Waals surface area (Å²) in [7, 11) is 0. The number of likely N-dealkylation sites (tertiary alicyclic amines) is 1. The highest BCUT2D eigenvalue weighted by Crippen LogP contribution is 2.49. The smallest absolute Gasteiger partial charge is 0.417 e. The number of hydrogen-bond donors (Lipinski definition) is 1. The summed E-state index contributed by atoms with van der Waals surface area (Å²) in [4.78, 5) is 15.7. The van der Waals surface area contributed by atoms with Crippen LogP contribution in [0.4, 0.5) is 18.0 Å². The minimum atomic E-state index is -4.40. The van der Waals surface area contributed by atoms with Crippen LogP contribution in [0.15, 0.2) is 18.3 Å². The maximum Gasteiger partial charge on any atom is 0.417 e. The third-order valence-corrected chi connectivity index (χ3v) is 4.00. The van der Waals surface area contributed by atoms with Gasteiger partial charge in [-0.25, -0.2) is 9.78 Å². The van der Waals surface area contributed by atoms with Crippen LogP contribution in [-0.2, 0) is 6.18 Å². The van der Waals surface area contributed by atoms with E-state index in [1.54, 1.807) is 0 Å². The van der Waals surface area contributed by atoms with Gasteiger partial charge >= 0.3 is 12.3 Å². The second kappa shape index (κ2) is 4.51. The third-order valence-electron chi connectivity index (χ3n) is 4.00. The van der Waals surface area contributed by atoms with Crippen LogP contribution < -0.4 is 4.74 Å². The molecule has 2 fully saturated rings. The summed E-state index contributed by atoms with van der Waals surface area (Å²) in [6.07, 6.45) is -3.27. The van der Waals surface area contributed by atoms with Crippen LogP contribution in [0.1, 0.15) is 18.4 Å². The lowest BCUT2D eigenvalue weighted by Crippen LogP contribution is -2.65. The molecule has 1 aromatic heterocycles. The number of pyridine rings is 1. The minimum absolute atomic E-state index is 0.00499. The van der Waals surface area contributed by atoms with E-state index in [2.05, 4.69) is 4.98 Å². The van der Waals surface area contributed by atoms with Gasteiger partial charge in [0.25, 0.3) is 0 Å². The first-order chi connectivity index (χ1) is 9.77. The van der Waals surface area contributed by atoms with Crippen molar-refractivity contribution < 1.29 is 27.8 Å². The lowest BCUT2D eigenvalue weighted by Gasteiger charge is -2.57. The predicted molar refractivity (Wildman–Crippen MR) is 64.9 cm³/mol. The summed E-state index contributed by atoms with van der Waals surface area (Å²) < 4.78 is 42.6. The normalized spacial score (nSPS) is 20.8. The Bertz CT molecular complexity index is 545. The van der Waals surface area contributed by atoms with Gasteiger partial charge in [-0.2, -0.15) is 13.2 Å². The molecule has 1 aliphatic carbocycles. The largest absolute Gasteiger partial charge is 0.474 e. The Morgan fingerprint density at radius 1 is 1.38 bits per heavy atom. The van der Waals surface area contributed by atoms with E-state index in [1.807, 2.05) is 0 Å². The lowest BCUT2D eigenvalue weighted by atomic mass is 9.62. The predicted octanol–water partition coefficient (Wildman–Crippen LogP) is 2.62. The van der Waals surface area contributed by atoms with Crippen molar-refractivity contribution in [3.63, 3.8) is 0 Å². The second-order valence-corrected chi connectivity index (χ2v) is 5.67. The molecule has 0 bridgehead atoms. The number of carboxylic acid groups (broad SMARTS) is 1. The molecule has 0 unspecified atom stereocenters. The summed E-state index contributed by atoms with van der Waals surface area (Å²) in [5.74, 6) is 0.164. The van der Waals surface area contributed by atoms with Crippen LogP contribution >= 0.6 is 0 Å². The molecule has 1 spiro atoms. The molecule has 1 N–H and O–H groups in total. The highest BCUT2D eigenvalue weighted by Gasteiger charge is 2.55. The maximum atomic E-state index is 12.4. The summed E-state index contributed by atoms with van der Waals surface area (Å²) in [6, 6.07) is 2.14. The van der Waals surface area contributed by atoms with Gasteiger partial charge in [-0.1, -0.05) is 0 Å². The van der Waals surface area contributed by atoms with Crippen molar-refractivity contribution in [1.29, 1.82) is 0 Å². The Kier molecular flexibility index (Phi) is 3.00. The molecule has 1 aliphatic heterocycles. The quantitative estimate of drug-likeness (QED) is 0.912. The Morgan fingerprint density at radius 2 is 2.05 bits per heavy atom. The van der Waals surface area contributed by atoms with Crippen molar-refractivity contribution in [1.82, 2.24) is 9.88 Å².